The number of amides is 1. The predicted molar refractivity (Wildman–Crippen MR) is 103 cm³/mol. The molecule has 2 N–H and O–H groups in total. The minimum absolute atomic E-state index is 0.0341. The van der Waals surface area contributed by atoms with Crippen molar-refractivity contribution < 1.29 is 24.5 Å². The average molecular weight is 403 g/mol. The lowest BCUT2D eigenvalue weighted by molar-refractivity contribution is -0.140. The van der Waals surface area contributed by atoms with E-state index in [2.05, 4.69) is 4.98 Å². The summed E-state index contributed by atoms with van der Waals surface area (Å²) in [5.41, 5.74) is 0.799. The number of pyridine rings is 1. The maximum Gasteiger partial charge on any atom is 0.295 e. The summed E-state index contributed by atoms with van der Waals surface area (Å²) in [5.74, 6) is -1.81. The van der Waals surface area contributed by atoms with Crippen molar-refractivity contribution in [1.82, 2.24) is 9.88 Å². The summed E-state index contributed by atoms with van der Waals surface area (Å²) < 4.78 is 5.24. The highest BCUT2D eigenvalue weighted by molar-refractivity contribution is 6.46. The Morgan fingerprint density at radius 1 is 1.14 bits per heavy atom. The molecule has 1 saturated heterocycles. The monoisotopic (exact) mass is 402 g/mol. The van der Waals surface area contributed by atoms with E-state index in [0.717, 1.165) is 0 Å². The molecular weight excluding hydrogens is 384 g/mol. The summed E-state index contributed by atoms with van der Waals surface area (Å²) in [4.78, 5) is 31.0. The van der Waals surface area contributed by atoms with Crippen LogP contribution >= 0.6 is 11.6 Å². The zero-order chi connectivity index (χ0) is 20.1. The number of Topliss-reactive ketones (excluding diaryl/α,β-unsaturated/α-hetero) is 1. The molecule has 1 aromatic heterocycles. The fourth-order valence-electron chi connectivity index (χ4n) is 3.05. The van der Waals surface area contributed by atoms with Gasteiger partial charge in [0.05, 0.1) is 31.1 Å². The Balaban J connectivity index is 2.03. The first kappa shape index (κ1) is 20.0. The smallest absolute Gasteiger partial charge is 0.295 e. The van der Waals surface area contributed by atoms with Crippen LogP contribution in [-0.4, -0.2) is 58.2 Å². The number of ether oxygens (including phenoxy) is 1. The van der Waals surface area contributed by atoms with Crippen molar-refractivity contribution in [2.75, 3.05) is 26.4 Å². The highest BCUT2D eigenvalue weighted by atomic mass is 35.5. The zero-order valence-corrected chi connectivity index (χ0v) is 15.7. The van der Waals surface area contributed by atoms with Gasteiger partial charge in [-0.3, -0.25) is 14.6 Å². The lowest BCUT2D eigenvalue weighted by Crippen LogP contribution is -2.33. The summed E-state index contributed by atoms with van der Waals surface area (Å²) in [6, 6.07) is 10.6. The minimum Gasteiger partial charge on any atom is -0.507 e. The SMILES string of the molecule is O=C1C(=O)N(CCOCCO)[C@@H](c2ccccn2)C1=C(O)c1ccc(Cl)cc1. The maximum atomic E-state index is 12.7. The van der Waals surface area contributed by atoms with E-state index in [-0.39, 0.29) is 37.7 Å². The number of hydrogen-bond acceptors (Lipinski definition) is 6. The molecule has 2 aromatic rings. The number of rotatable bonds is 7. The molecule has 0 unspecified atom stereocenters. The first-order valence-corrected chi connectivity index (χ1v) is 9.06. The van der Waals surface area contributed by atoms with Crippen LogP contribution in [0.4, 0.5) is 0 Å². The Labute approximate surface area is 166 Å². The average Bonchev–Trinajstić information content (AvgIpc) is 2.97. The van der Waals surface area contributed by atoms with Crippen molar-refractivity contribution in [1.29, 1.82) is 0 Å². The number of carbonyl (C=O) groups is 2. The number of carbonyl (C=O) groups excluding carboxylic acids is 2. The van der Waals surface area contributed by atoms with Crippen LogP contribution in [0.1, 0.15) is 17.3 Å². The Hall–Kier alpha value is -2.74. The molecule has 0 bridgehead atoms. The second-order valence-electron chi connectivity index (χ2n) is 6.09. The first-order valence-electron chi connectivity index (χ1n) is 8.68. The Bertz CT molecular complexity index is 883. The topological polar surface area (TPSA) is 100.0 Å². The fourth-order valence-corrected chi connectivity index (χ4v) is 3.17. The zero-order valence-electron chi connectivity index (χ0n) is 14.9. The lowest BCUT2D eigenvalue weighted by Gasteiger charge is -2.24. The molecule has 3 rings (SSSR count). The van der Waals surface area contributed by atoms with Crippen LogP contribution in [0.2, 0.25) is 5.02 Å². The van der Waals surface area contributed by atoms with Crippen LogP contribution in [0, 0.1) is 0 Å². The van der Waals surface area contributed by atoms with Gasteiger partial charge in [-0.15, -0.1) is 0 Å². The lowest BCUT2D eigenvalue weighted by atomic mass is 9.98. The van der Waals surface area contributed by atoms with Crippen molar-refractivity contribution in [2.24, 2.45) is 0 Å². The molecular formula is C20H19ClN2O5. The number of aromatic nitrogens is 1. The first-order chi connectivity index (χ1) is 13.5. The number of benzene rings is 1. The third-order valence-corrected chi connectivity index (χ3v) is 4.59. The molecule has 1 aromatic carbocycles. The van der Waals surface area contributed by atoms with Gasteiger partial charge in [-0.1, -0.05) is 17.7 Å². The van der Waals surface area contributed by atoms with Gasteiger partial charge in [-0.2, -0.15) is 0 Å². The van der Waals surface area contributed by atoms with Crippen molar-refractivity contribution in [2.45, 2.75) is 6.04 Å². The number of hydrogen-bond donors (Lipinski definition) is 2. The number of halogens is 1. The molecule has 1 fully saturated rings. The molecule has 2 heterocycles. The van der Waals surface area contributed by atoms with E-state index in [9.17, 15) is 14.7 Å². The van der Waals surface area contributed by atoms with Crippen LogP contribution in [0.15, 0.2) is 54.2 Å². The second-order valence-corrected chi connectivity index (χ2v) is 6.53. The Kier molecular flexibility index (Phi) is 6.41. The summed E-state index contributed by atoms with van der Waals surface area (Å²) >= 11 is 5.89. The summed E-state index contributed by atoms with van der Waals surface area (Å²) in [6.07, 6.45) is 1.56. The Morgan fingerprint density at radius 2 is 1.89 bits per heavy atom. The van der Waals surface area contributed by atoms with E-state index in [1.807, 2.05) is 0 Å². The normalized spacial score (nSPS) is 18.6. The maximum absolute atomic E-state index is 12.7. The van der Waals surface area contributed by atoms with Crippen LogP contribution in [0.3, 0.4) is 0 Å². The van der Waals surface area contributed by atoms with E-state index >= 15 is 0 Å². The van der Waals surface area contributed by atoms with Gasteiger partial charge in [0.25, 0.3) is 11.7 Å². The molecule has 28 heavy (non-hydrogen) atoms. The number of nitrogens with zero attached hydrogens (tertiary/aromatic N) is 2. The summed E-state index contributed by atoms with van der Waals surface area (Å²) in [6.45, 7) is 0.239. The van der Waals surface area contributed by atoms with Gasteiger partial charge >= 0.3 is 0 Å². The van der Waals surface area contributed by atoms with Gasteiger partial charge in [-0.05, 0) is 36.4 Å². The second kappa shape index (κ2) is 8.97. The van der Waals surface area contributed by atoms with Gasteiger partial charge in [0, 0.05) is 23.3 Å². The quantitative estimate of drug-likeness (QED) is 0.318. The van der Waals surface area contributed by atoms with Gasteiger partial charge in [0.1, 0.15) is 11.8 Å². The van der Waals surface area contributed by atoms with E-state index in [1.54, 1.807) is 48.7 Å². The van der Waals surface area contributed by atoms with Crippen LogP contribution < -0.4 is 0 Å². The van der Waals surface area contributed by atoms with E-state index in [0.29, 0.717) is 16.3 Å². The van der Waals surface area contributed by atoms with Gasteiger partial charge in [0.15, 0.2) is 0 Å². The van der Waals surface area contributed by atoms with E-state index in [1.165, 1.54) is 4.90 Å². The third-order valence-electron chi connectivity index (χ3n) is 4.34. The van der Waals surface area contributed by atoms with Crippen molar-refractivity contribution >= 4 is 29.1 Å². The van der Waals surface area contributed by atoms with Crippen molar-refractivity contribution in [3.8, 4) is 0 Å². The fraction of sp³-hybridized carbons (Fsp3) is 0.250. The summed E-state index contributed by atoms with van der Waals surface area (Å²) in [5, 5.41) is 20.1. The van der Waals surface area contributed by atoms with Crippen LogP contribution in [0.5, 0.6) is 0 Å². The predicted octanol–water partition coefficient (Wildman–Crippen LogP) is 2.17. The highest BCUT2D eigenvalue weighted by Crippen LogP contribution is 2.38. The molecule has 0 aliphatic carbocycles. The van der Waals surface area contributed by atoms with Gasteiger partial charge in [-0.25, -0.2) is 0 Å². The van der Waals surface area contributed by atoms with Crippen molar-refractivity contribution in [3.63, 3.8) is 0 Å². The largest absolute Gasteiger partial charge is 0.507 e. The van der Waals surface area contributed by atoms with E-state index in [4.69, 9.17) is 21.4 Å². The molecule has 1 amide bonds. The third kappa shape index (κ3) is 4.06. The summed E-state index contributed by atoms with van der Waals surface area (Å²) in [7, 11) is 0. The number of ketones is 1. The number of aliphatic hydroxyl groups excluding tert-OH is 2. The molecule has 1 atom stereocenters. The van der Waals surface area contributed by atoms with Gasteiger partial charge < -0.3 is 19.8 Å². The molecule has 8 heteroatoms. The van der Waals surface area contributed by atoms with Crippen molar-refractivity contribution in [3.05, 3.63) is 70.5 Å². The molecule has 1 aliphatic rings. The molecule has 7 nitrogen and oxygen atoms in total. The number of aliphatic hydroxyl groups is 2. The van der Waals surface area contributed by atoms with E-state index < -0.39 is 17.7 Å². The molecule has 1 aliphatic heterocycles. The van der Waals surface area contributed by atoms with Crippen LogP contribution in [0.25, 0.3) is 5.76 Å². The molecule has 0 spiro atoms. The molecule has 146 valence electrons. The minimum atomic E-state index is -0.838. The molecule has 0 saturated carbocycles. The highest BCUT2D eigenvalue weighted by Gasteiger charge is 2.46. The number of likely N-dealkylation sites (tertiary alicyclic amines) is 1. The molecule has 0 radical (unpaired) electrons. The van der Waals surface area contributed by atoms with Gasteiger partial charge in [0.2, 0.25) is 0 Å². The van der Waals surface area contributed by atoms with Crippen LogP contribution in [-0.2, 0) is 14.3 Å². The standard InChI is InChI=1S/C20H19ClN2O5/c21-14-6-4-13(5-7-14)18(25)16-17(15-3-1-2-8-22-15)23(20(27)19(16)26)9-11-28-12-10-24/h1-8,17,24-25H,9-12H2/t17-/m0/s1. The Morgan fingerprint density at radius 3 is 2.54 bits per heavy atom.